The zero-order valence-electron chi connectivity index (χ0n) is 13.7. The summed E-state index contributed by atoms with van der Waals surface area (Å²) in [6.07, 6.45) is 1.46. The average molecular weight is 321 g/mol. The first-order valence-corrected chi connectivity index (χ1v) is 8.73. The summed E-state index contributed by atoms with van der Waals surface area (Å²) in [7, 11) is 0. The minimum atomic E-state index is -0.472. The van der Waals surface area contributed by atoms with Gasteiger partial charge in [-0.15, -0.1) is 0 Å². The maximum absolute atomic E-state index is 10.2. The zero-order valence-corrected chi connectivity index (χ0v) is 13.7. The monoisotopic (exact) mass is 321 g/mol. The van der Waals surface area contributed by atoms with E-state index in [9.17, 15) is 10.2 Å². The highest BCUT2D eigenvalue weighted by molar-refractivity contribution is 6.08. The van der Waals surface area contributed by atoms with Gasteiger partial charge in [0.1, 0.15) is 0 Å². The van der Waals surface area contributed by atoms with E-state index < -0.39 is 12.2 Å². The maximum Gasteiger partial charge on any atom is 0.0718 e. The molecule has 1 aliphatic rings. The Hall–Kier alpha value is -1.94. The lowest BCUT2D eigenvalue weighted by atomic mass is 9.89. The summed E-state index contributed by atoms with van der Waals surface area (Å²) in [4.78, 5) is 0. The molecular formula is C21H23NO2. The van der Waals surface area contributed by atoms with Crippen molar-refractivity contribution >= 4 is 21.5 Å². The summed E-state index contributed by atoms with van der Waals surface area (Å²) in [5.74, 6) is 0. The number of hydrogen-bond acceptors (Lipinski definition) is 3. The molecule has 0 radical (unpaired) electrons. The Kier molecular flexibility index (Phi) is 4.23. The number of nitrogens with one attached hydrogen (secondary N) is 1. The van der Waals surface area contributed by atoms with Crippen LogP contribution >= 0.6 is 0 Å². The molecule has 0 bridgehead atoms. The third-order valence-electron chi connectivity index (χ3n) is 5.21. The quantitative estimate of drug-likeness (QED) is 0.648. The summed E-state index contributed by atoms with van der Waals surface area (Å²) in [5, 5.41) is 28.7. The number of fused-ring (bicyclic) bond motifs is 3. The van der Waals surface area contributed by atoms with Crippen LogP contribution in [0.4, 0.5) is 0 Å². The molecule has 124 valence electrons. The van der Waals surface area contributed by atoms with Gasteiger partial charge in [-0.1, -0.05) is 48.5 Å². The summed E-state index contributed by atoms with van der Waals surface area (Å²) >= 11 is 0. The zero-order chi connectivity index (χ0) is 16.5. The van der Waals surface area contributed by atoms with Crippen molar-refractivity contribution in [3.63, 3.8) is 0 Å². The van der Waals surface area contributed by atoms with E-state index in [1.165, 1.54) is 27.1 Å². The summed E-state index contributed by atoms with van der Waals surface area (Å²) in [6.45, 7) is 0.643. The molecule has 3 nitrogen and oxygen atoms in total. The van der Waals surface area contributed by atoms with Crippen LogP contribution in [0.15, 0.2) is 54.6 Å². The van der Waals surface area contributed by atoms with E-state index in [4.69, 9.17) is 0 Å². The molecule has 24 heavy (non-hydrogen) atoms. The molecule has 0 aliphatic heterocycles. The second kappa shape index (κ2) is 6.52. The number of hydrogen-bond donors (Lipinski definition) is 3. The van der Waals surface area contributed by atoms with Gasteiger partial charge in [-0.2, -0.15) is 0 Å². The number of rotatable bonds is 3. The van der Waals surface area contributed by atoms with Crippen molar-refractivity contribution in [2.24, 2.45) is 0 Å². The molecule has 3 aromatic carbocycles. The van der Waals surface area contributed by atoms with Crippen molar-refractivity contribution in [2.75, 3.05) is 0 Å². The van der Waals surface area contributed by atoms with Crippen LogP contribution in [0, 0.1) is 0 Å². The molecule has 0 saturated heterocycles. The van der Waals surface area contributed by atoms with Gasteiger partial charge < -0.3 is 15.5 Å². The third-order valence-corrected chi connectivity index (χ3v) is 5.21. The first kappa shape index (κ1) is 15.6. The van der Waals surface area contributed by atoms with Crippen molar-refractivity contribution in [2.45, 2.75) is 44.1 Å². The molecule has 1 unspecified atom stereocenters. The fourth-order valence-corrected chi connectivity index (χ4v) is 3.93. The van der Waals surface area contributed by atoms with Crippen LogP contribution in [0.3, 0.4) is 0 Å². The first-order chi connectivity index (χ1) is 11.7. The normalized spacial score (nSPS) is 24.5. The molecular weight excluding hydrogens is 298 g/mol. The van der Waals surface area contributed by atoms with Gasteiger partial charge in [-0.3, -0.25) is 0 Å². The van der Waals surface area contributed by atoms with Crippen LogP contribution < -0.4 is 5.32 Å². The minimum absolute atomic E-state index is 0.246. The Bertz CT molecular complexity index is 851. The third kappa shape index (κ3) is 2.80. The van der Waals surface area contributed by atoms with E-state index in [-0.39, 0.29) is 6.04 Å². The fourth-order valence-electron chi connectivity index (χ4n) is 3.93. The van der Waals surface area contributed by atoms with Gasteiger partial charge in [-0.25, -0.2) is 0 Å². The maximum atomic E-state index is 10.2. The smallest absolute Gasteiger partial charge is 0.0718 e. The van der Waals surface area contributed by atoms with Crippen LogP contribution in [0.25, 0.3) is 21.5 Å². The van der Waals surface area contributed by atoms with Crippen LogP contribution in [0.2, 0.25) is 0 Å². The van der Waals surface area contributed by atoms with Crippen molar-refractivity contribution < 1.29 is 10.2 Å². The van der Waals surface area contributed by atoms with Gasteiger partial charge in [0.05, 0.1) is 18.2 Å². The van der Waals surface area contributed by atoms with Gasteiger partial charge in [0.25, 0.3) is 0 Å². The van der Waals surface area contributed by atoms with Crippen LogP contribution in [-0.2, 0) is 6.54 Å². The van der Waals surface area contributed by atoms with E-state index in [0.717, 1.165) is 19.3 Å². The molecule has 1 aliphatic carbocycles. The molecule has 0 amide bonds. The van der Waals surface area contributed by atoms with E-state index in [2.05, 4.69) is 59.9 Å². The van der Waals surface area contributed by atoms with E-state index in [1.807, 2.05) is 0 Å². The van der Waals surface area contributed by atoms with Gasteiger partial charge in [-0.05, 0) is 52.4 Å². The van der Waals surface area contributed by atoms with E-state index >= 15 is 0 Å². The van der Waals surface area contributed by atoms with E-state index in [0.29, 0.717) is 6.54 Å². The van der Waals surface area contributed by atoms with Gasteiger partial charge >= 0.3 is 0 Å². The molecule has 0 aromatic heterocycles. The van der Waals surface area contributed by atoms with Crippen LogP contribution in [0.5, 0.6) is 0 Å². The molecule has 1 fully saturated rings. The highest BCUT2D eigenvalue weighted by atomic mass is 16.3. The lowest BCUT2D eigenvalue weighted by Crippen LogP contribution is -2.50. The molecule has 4 rings (SSSR count). The largest absolute Gasteiger partial charge is 0.391 e. The molecule has 3 N–H and O–H groups in total. The van der Waals surface area contributed by atoms with Gasteiger partial charge in [0.2, 0.25) is 0 Å². The van der Waals surface area contributed by atoms with E-state index in [1.54, 1.807) is 0 Å². The average Bonchev–Trinajstić information content (AvgIpc) is 2.61. The highest BCUT2D eigenvalue weighted by Gasteiger charge is 2.30. The predicted molar refractivity (Wildman–Crippen MR) is 97.9 cm³/mol. The molecule has 3 heteroatoms. The Morgan fingerprint density at radius 2 is 1.46 bits per heavy atom. The molecule has 1 saturated carbocycles. The fraction of sp³-hybridized carbons (Fsp3) is 0.333. The summed E-state index contributed by atoms with van der Waals surface area (Å²) < 4.78 is 0. The molecule has 3 atom stereocenters. The Labute approximate surface area is 141 Å². The lowest BCUT2D eigenvalue weighted by Gasteiger charge is -2.33. The molecule has 3 aromatic rings. The Balaban J connectivity index is 1.70. The number of aliphatic hydroxyl groups excluding tert-OH is 2. The summed E-state index contributed by atoms with van der Waals surface area (Å²) in [5.41, 5.74) is 1.20. The van der Waals surface area contributed by atoms with Crippen molar-refractivity contribution in [1.29, 1.82) is 0 Å². The minimum Gasteiger partial charge on any atom is -0.391 e. The van der Waals surface area contributed by atoms with Crippen LogP contribution in [0.1, 0.15) is 24.8 Å². The van der Waals surface area contributed by atoms with Gasteiger partial charge in [0.15, 0.2) is 0 Å². The second-order valence-electron chi connectivity index (χ2n) is 6.77. The SMILES string of the molecule is O[C@@H]1CCC[C@H](O)C1NCc1cc2ccccc2c2ccccc12. The molecule has 0 spiro atoms. The van der Waals surface area contributed by atoms with Crippen molar-refractivity contribution in [1.82, 2.24) is 5.32 Å². The Morgan fingerprint density at radius 3 is 2.21 bits per heavy atom. The Morgan fingerprint density at radius 1 is 0.833 bits per heavy atom. The van der Waals surface area contributed by atoms with Crippen LogP contribution in [-0.4, -0.2) is 28.5 Å². The van der Waals surface area contributed by atoms with Gasteiger partial charge in [0, 0.05) is 6.54 Å². The van der Waals surface area contributed by atoms with Crippen molar-refractivity contribution in [3.05, 3.63) is 60.2 Å². The number of benzene rings is 3. The second-order valence-corrected chi connectivity index (χ2v) is 6.77. The summed E-state index contributed by atoms with van der Waals surface area (Å²) in [6, 6.07) is 18.8. The topological polar surface area (TPSA) is 52.5 Å². The first-order valence-electron chi connectivity index (χ1n) is 8.73. The standard InChI is InChI=1S/C21H23NO2/c23-19-10-5-11-20(24)21(19)22-13-15-12-14-6-1-2-7-16(14)18-9-4-3-8-17(15)18/h1-4,6-9,12,19-24H,5,10-11,13H2/t19-,20+,21?. The van der Waals surface area contributed by atoms with Crippen molar-refractivity contribution in [3.8, 4) is 0 Å². The highest BCUT2D eigenvalue weighted by Crippen LogP contribution is 2.29. The lowest BCUT2D eigenvalue weighted by molar-refractivity contribution is 0.000917. The number of aliphatic hydroxyl groups is 2. The predicted octanol–water partition coefficient (Wildman–Crippen LogP) is 3.36. The molecule has 0 heterocycles.